The van der Waals surface area contributed by atoms with E-state index in [1.165, 1.54) is 18.9 Å². The molecule has 0 unspecified atom stereocenters. The molecule has 1 aliphatic rings. The van der Waals surface area contributed by atoms with Crippen LogP contribution < -0.4 is 15.1 Å². The summed E-state index contributed by atoms with van der Waals surface area (Å²) in [7, 11) is 3.82. The van der Waals surface area contributed by atoms with Gasteiger partial charge >= 0.3 is 0 Å². The average molecular weight is 351 g/mol. The lowest BCUT2D eigenvalue weighted by atomic mass is 10.1. The first-order valence-electron chi connectivity index (χ1n) is 8.88. The van der Waals surface area contributed by atoms with Crippen molar-refractivity contribution in [2.24, 2.45) is 0 Å². The molecule has 136 valence electrons. The molecule has 0 spiro atoms. The van der Waals surface area contributed by atoms with E-state index in [9.17, 15) is 4.79 Å². The Bertz CT molecular complexity index is 810. The van der Waals surface area contributed by atoms with Gasteiger partial charge in [0.05, 0.1) is 6.20 Å². The van der Waals surface area contributed by atoms with Crippen LogP contribution in [0.3, 0.4) is 0 Å². The second-order valence-corrected chi connectivity index (χ2v) is 6.68. The number of benzene rings is 1. The van der Waals surface area contributed by atoms with Crippen LogP contribution in [-0.4, -0.2) is 43.1 Å². The second-order valence-electron chi connectivity index (χ2n) is 6.68. The van der Waals surface area contributed by atoms with Crippen LogP contribution in [0.1, 0.15) is 24.0 Å². The molecule has 0 bridgehead atoms. The van der Waals surface area contributed by atoms with E-state index in [2.05, 4.69) is 20.2 Å². The number of nitrogens with zero attached hydrogens (tertiary/aromatic N) is 4. The quantitative estimate of drug-likeness (QED) is 0.839. The summed E-state index contributed by atoms with van der Waals surface area (Å²) in [5.74, 6) is 1.23. The lowest BCUT2D eigenvalue weighted by Crippen LogP contribution is -2.23. The normalized spacial score (nSPS) is 14.0. The van der Waals surface area contributed by atoms with Crippen molar-refractivity contribution in [1.29, 1.82) is 0 Å². The fourth-order valence-electron chi connectivity index (χ4n) is 2.98. The van der Waals surface area contributed by atoms with Gasteiger partial charge in [-0.1, -0.05) is 24.3 Å². The number of aromatic nitrogens is 2. The van der Waals surface area contributed by atoms with Gasteiger partial charge < -0.3 is 15.1 Å². The lowest BCUT2D eigenvalue weighted by molar-refractivity contribution is -0.111. The Labute approximate surface area is 154 Å². The van der Waals surface area contributed by atoms with Crippen molar-refractivity contribution >= 4 is 29.4 Å². The molecule has 1 saturated heterocycles. The number of carbonyl (C=O) groups is 1. The maximum atomic E-state index is 12.3. The van der Waals surface area contributed by atoms with E-state index in [1.54, 1.807) is 6.20 Å². The molecule has 1 amide bonds. The molecule has 2 heterocycles. The number of nitrogens with one attached hydrogen (secondary N) is 1. The topological polar surface area (TPSA) is 61.4 Å². The molecule has 26 heavy (non-hydrogen) atoms. The number of carbonyl (C=O) groups excluding carboxylic acids is 1. The summed E-state index contributed by atoms with van der Waals surface area (Å²) in [4.78, 5) is 25.5. The Morgan fingerprint density at radius 3 is 2.65 bits per heavy atom. The maximum absolute atomic E-state index is 12.3. The predicted octanol–water partition coefficient (Wildman–Crippen LogP) is 3.10. The number of amides is 1. The van der Waals surface area contributed by atoms with E-state index in [0.29, 0.717) is 11.5 Å². The van der Waals surface area contributed by atoms with E-state index in [1.807, 2.05) is 56.3 Å². The zero-order valence-corrected chi connectivity index (χ0v) is 15.6. The van der Waals surface area contributed by atoms with Gasteiger partial charge in [0.15, 0.2) is 5.82 Å². The molecule has 1 aromatic carbocycles. The van der Waals surface area contributed by atoms with Crippen molar-refractivity contribution in [3.05, 3.63) is 47.7 Å². The van der Waals surface area contributed by atoms with Crippen molar-refractivity contribution in [3.8, 4) is 0 Å². The molecule has 1 aromatic heterocycles. The molecule has 0 atom stereocenters. The first kappa shape index (κ1) is 17.9. The molecular formula is C20H25N5O. The second kappa shape index (κ2) is 7.99. The van der Waals surface area contributed by atoms with E-state index >= 15 is 0 Å². The first-order valence-corrected chi connectivity index (χ1v) is 8.88. The van der Waals surface area contributed by atoms with Gasteiger partial charge in [0.2, 0.25) is 11.9 Å². The van der Waals surface area contributed by atoms with E-state index in [4.69, 9.17) is 0 Å². The van der Waals surface area contributed by atoms with Crippen LogP contribution >= 0.6 is 0 Å². The Morgan fingerprint density at radius 1 is 1.23 bits per heavy atom. The highest BCUT2D eigenvalue weighted by Gasteiger charge is 2.18. The minimum Gasteiger partial charge on any atom is -0.361 e. The third kappa shape index (κ3) is 4.20. The Balaban J connectivity index is 1.75. The molecule has 6 heteroatoms. The van der Waals surface area contributed by atoms with Gasteiger partial charge in [-0.3, -0.25) is 4.79 Å². The van der Waals surface area contributed by atoms with Crippen molar-refractivity contribution in [3.63, 3.8) is 0 Å². The molecule has 1 N–H and O–H groups in total. The number of hydrogen-bond donors (Lipinski definition) is 1. The van der Waals surface area contributed by atoms with Gasteiger partial charge in [0.25, 0.3) is 0 Å². The van der Waals surface area contributed by atoms with E-state index < -0.39 is 0 Å². The van der Waals surface area contributed by atoms with Crippen LogP contribution in [0.4, 0.5) is 17.5 Å². The summed E-state index contributed by atoms with van der Waals surface area (Å²) < 4.78 is 0. The molecule has 2 aromatic rings. The molecule has 3 rings (SSSR count). The zero-order valence-electron chi connectivity index (χ0n) is 15.6. The van der Waals surface area contributed by atoms with Crippen molar-refractivity contribution < 1.29 is 4.79 Å². The number of hydrogen-bond acceptors (Lipinski definition) is 5. The summed E-state index contributed by atoms with van der Waals surface area (Å²) >= 11 is 0. The molecule has 0 aliphatic carbocycles. The summed E-state index contributed by atoms with van der Waals surface area (Å²) in [5, 5.41) is 2.89. The summed E-state index contributed by atoms with van der Waals surface area (Å²) in [6.07, 6.45) is 7.39. The van der Waals surface area contributed by atoms with Gasteiger partial charge in [-0.15, -0.1) is 0 Å². The van der Waals surface area contributed by atoms with Crippen molar-refractivity contribution in [2.45, 2.75) is 19.8 Å². The van der Waals surface area contributed by atoms with Crippen LogP contribution in [0.2, 0.25) is 0 Å². The van der Waals surface area contributed by atoms with E-state index in [-0.39, 0.29) is 5.91 Å². The minimum absolute atomic E-state index is 0.200. The lowest BCUT2D eigenvalue weighted by Gasteiger charge is -2.20. The third-order valence-electron chi connectivity index (χ3n) is 4.43. The van der Waals surface area contributed by atoms with Gasteiger partial charge in [-0.25, -0.2) is 4.98 Å². The molecule has 0 radical (unpaired) electrons. The summed E-state index contributed by atoms with van der Waals surface area (Å²) in [6, 6.07) is 7.94. The maximum Gasteiger partial charge on any atom is 0.248 e. The fraction of sp³-hybridized carbons (Fsp3) is 0.350. The highest BCUT2D eigenvalue weighted by Crippen LogP contribution is 2.25. The third-order valence-corrected chi connectivity index (χ3v) is 4.43. The van der Waals surface area contributed by atoms with Crippen LogP contribution in [0, 0.1) is 6.92 Å². The van der Waals surface area contributed by atoms with Gasteiger partial charge in [-0.05, 0) is 37.0 Å². The SMILES string of the molecule is Cc1ccccc1/C=C/C(=O)Nc1cnc(N2CCCC2)nc1N(C)C. The smallest absolute Gasteiger partial charge is 0.248 e. The summed E-state index contributed by atoms with van der Waals surface area (Å²) in [5.41, 5.74) is 2.76. The largest absolute Gasteiger partial charge is 0.361 e. The number of rotatable bonds is 5. The predicted molar refractivity (Wildman–Crippen MR) is 107 cm³/mol. The van der Waals surface area contributed by atoms with Gasteiger partial charge in [0.1, 0.15) is 5.69 Å². The molecular weight excluding hydrogens is 326 g/mol. The van der Waals surface area contributed by atoms with Gasteiger partial charge in [0, 0.05) is 33.3 Å². The molecule has 6 nitrogen and oxygen atoms in total. The summed E-state index contributed by atoms with van der Waals surface area (Å²) in [6.45, 7) is 3.99. The molecule has 0 saturated carbocycles. The van der Waals surface area contributed by atoms with Crippen LogP contribution in [0.15, 0.2) is 36.5 Å². The zero-order chi connectivity index (χ0) is 18.5. The molecule has 1 fully saturated rings. The van der Waals surface area contributed by atoms with Crippen molar-refractivity contribution in [1.82, 2.24) is 9.97 Å². The minimum atomic E-state index is -0.200. The van der Waals surface area contributed by atoms with Crippen LogP contribution in [0.25, 0.3) is 6.08 Å². The Morgan fingerprint density at radius 2 is 1.96 bits per heavy atom. The number of aryl methyl sites for hydroxylation is 1. The highest BCUT2D eigenvalue weighted by molar-refractivity contribution is 6.03. The number of anilines is 3. The Kier molecular flexibility index (Phi) is 5.51. The monoisotopic (exact) mass is 351 g/mol. The fourth-order valence-corrected chi connectivity index (χ4v) is 2.98. The standard InChI is InChI=1S/C20H25N5O/c1-15-8-4-5-9-16(15)10-11-18(26)22-17-14-21-20(23-19(17)24(2)3)25-12-6-7-13-25/h4-5,8-11,14H,6-7,12-13H2,1-3H3,(H,22,26)/b11-10+. The first-order chi connectivity index (χ1) is 12.5. The van der Waals surface area contributed by atoms with E-state index in [0.717, 1.165) is 30.2 Å². The average Bonchev–Trinajstić information content (AvgIpc) is 3.16. The van der Waals surface area contributed by atoms with Gasteiger partial charge in [-0.2, -0.15) is 4.98 Å². The Hall–Kier alpha value is -2.89. The van der Waals surface area contributed by atoms with Crippen LogP contribution in [0.5, 0.6) is 0 Å². The van der Waals surface area contributed by atoms with Crippen LogP contribution in [-0.2, 0) is 4.79 Å². The highest BCUT2D eigenvalue weighted by atomic mass is 16.1. The van der Waals surface area contributed by atoms with Crippen molar-refractivity contribution in [2.75, 3.05) is 42.3 Å². The molecule has 1 aliphatic heterocycles.